The molecule has 2 rings (SSSR count). The first-order valence-electron chi connectivity index (χ1n) is 5.15. The Bertz CT molecular complexity index is 487. The van der Waals surface area contributed by atoms with Crippen LogP contribution in [0.2, 0.25) is 0 Å². The van der Waals surface area contributed by atoms with Crippen molar-refractivity contribution in [2.24, 2.45) is 5.73 Å². The van der Waals surface area contributed by atoms with E-state index < -0.39 is 6.03 Å². The van der Waals surface area contributed by atoms with Gasteiger partial charge in [0.25, 0.3) is 0 Å². The van der Waals surface area contributed by atoms with Crippen LogP contribution in [0.5, 0.6) is 0 Å². The number of para-hydroxylation sites is 1. The van der Waals surface area contributed by atoms with Gasteiger partial charge in [0.05, 0.1) is 5.69 Å². The summed E-state index contributed by atoms with van der Waals surface area (Å²) in [5.74, 6) is 0. The van der Waals surface area contributed by atoms with Gasteiger partial charge in [0, 0.05) is 4.90 Å². The number of primary amides is 1. The van der Waals surface area contributed by atoms with Gasteiger partial charge in [0.2, 0.25) is 0 Å². The van der Waals surface area contributed by atoms with Crippen LogP contribution in [0.25, 0.3) is 0 Å². The summed E-state index contributed by atoms with van der Waals surface area (Å²) in [7, 11) is 0. The fraction of sp³-hybridized carbons (Fsp3) is 0. The number of nitrogens with two attached hydrogens (primary N) is 1. The van der Waals surface area contributed by atoms with E-state index >= 15 is 0 Å². The summed E-state index contributed by atoms with van der Waals surface area (Å²) in [4.78, 5) is 12.4. The van der Waals surface area contributed by atoms with Crippen LogP contribution in [-0.2, 0) is 0 Å². The smallest absolute Gasteiger partial charge is 0.329 e. The Labute approximate surface area is 104 Å². The van der Waals surface area contributed by atoms with Crippen LogP contribution >= 0.6 is 11.9 Å². The average Bonchev–Trinajstić information content (AvgIpc) is 2.38. The summed E-state index contributed by atoms with van der Waals surface area (Å²) >= 11 is 1.31. The number of benzene rings is 2. The Balaban J connectivity index is 2.23. The summed E-state index contributed by atoms with van der Waals surface area (Å²) in [6.07, 6.45) is 0. The molecular weight excluding hydrogens is 232 g/mol. The van der Waals surface area contributed by atoms with Crippen molar-refractivity contribution in [2.75, 3.05) is 4.31 Å². The quantitative estimate of drug-likeness (QED) is 0.842. The highest BCUT2D eigenvalue weighted by Gasteiger charge is 2.13. The molecule has 0 aliphatic carbocycles. The number of hydrogen-bond donors (Lipinski definition) is 1. The van der Waals surface area contributed by atoms with Crippen molar-refractivity contribution in [2.45, 2.75) is 4.90 Å². The van der Waals surface area contributed by atoms with Gasteiger partial charge in [0.1, 0.15) is 0 Å². The first kappa shape index (κ1) is 11.5. The van der Waals surface area contributed by atoms with E-state index in [1.54, 1.807) is 0 Å². The molecule has 0 aliphatic rings. The monoisotopic (exact) mass is 244 g/mol. The first-order valence-corrected chi connectivity index (χ1v) is 5.92. The molecule has 86 valence electrons. The molecule has 0 fully saturated rings. The summed E-state index contributed by atoms with van der Waals surface area (Å²) in [6, 6.07) is 18.5. The number of carbonyl (C=O) groups excluding carboxylic acids is 1. The minimum Gasteiger partial charge on any atom is -0.350 e. The number of anilines is 1. The van der Waals surface area contributed by atoms with Crippen molar-refractivity contribution in [3.8, 4) is 0 Å². The highest BCUT2D eigenvalue weighted by atomic mass is 32.2. The maximum absolute atomic E-state index is 11.4. The third kappa shape index (κ3) is 3.01. The summed E-state index contributed by atoms with van der Waals surface area (Å²) in [6.45, 7) is 0. The van der Waals surface area contributed by atoms with Gasteiger partial charge >= 0.3 is 6.03 Å². The Morgan fingerprint density at radius 2 is 1.47 bits per heavy atom. The van der Waals surface area contributed by atoms with Crippen molar-refractivity contribution >= 4 is 23.7 Å². The molecule has 0 spiro atoms. The molecule has 2 amide bonds. The molecule has 0 radical (unpaired) electrons. The number of hydrogen-bond acceptors (Lipinski definition) is 2. The lowest BCUT2D eigenvalue weighted by Crippen LogP contribution is -2.29. The minimum atomic E-state index is -0.481. The van der Waals surface area contributed by atoms with Crippen LogP contribution < -0.4 is 10.0 Å². The molecule has 0 saturated carbocycles. The third-order valence-corrected chi connectivity index (χ3v) is 3.19. The Morgan fingerprint density at radius 1 is 0.941 bits per heavy atom. The topological polar surface area (TPSA) is 46.3 Å². The Hall–Kier alpha value is -1.94. The molecule has 0 aromatic heterocycles. The molecule has 4 heteroatoms. The highest BCUT2D eigenvalue weighted by Crippen LogP contribution is 2.28. The maximum Gasteiger partial charge on any atom is 0.329 e. The van der Waals surface area contributed by atoms with Gasteiger partial charge in [-0.25, -0.2) is 9.10 Å². The number of nitrogens with zero attached hydrogens (tertiary/aromatic N) is 1. The van der Waals surface area contributed by atoms with Crippen molar-refractivity contribution in [3.63, 3.8) is 0 Å². The second kappa shape index (κ2) is 5.41. The lowest BCUT2D eigenvalue weighted by molar-refractivity contribution is 0.257. The molecule has 2 aromatic rings. The summed E-state index contributed by atoms with van der Waals surface area (Å²) in [5, 5.41) is 0. The first-order chi connectivity index (χ1) is 8.27. The molecule has 2 aromatic carbocycles. The predicted molar refractivity (Wildman–Crippen MR) is 70.8 cm³/mol. The standard InChI is InChI=1S/C13H12N2OS/c14-13(16)15(11-7-3-1-4-8-11)17-12-9-5-2-6-10-12/h1-10H,(H2,14,16). The van der Waals surface area contributed by atoms with E-state index in [0.717, 1.165) is 10.6 Å². The van der Waals surface area contributed by atoms with Crippen LogP contribution in [-0.4, -0.2) is 6.03 Å². The van der Waals surface area contributed by atoms with Gasteiger partial charge < -0.3 is 5.73 Å². The van der Waals surface area contributed by atoms with Gasteiger partial charge in [-0.1, -0.05) is 36.4 Å². The lowest BCUT2D eigenvalue weighted by atomic mass is 10.3. The van der Waals surface area contributed by atoms with Gasteiger partial charge in [-0.2, -0.15) is 0 Å². The molecule has 0 atom stereocenters. The van der Waals surface area contributed by atoms with Gasteiger partial charge in [-0.3, -0.25) is 0 Å². The van der Waals surface area contributed by atoms with Crippen LogP contribution in [0.4, 0.5) is 10.5 Å². The zero-order valence-electron chi connectivity index (χ0n) is 9.11. The number of urea groups is 1. The second-order valence-corrected chi connectivity index (χ2v) is 4.39. The molecule has 17 heavy (non-hydrogen) atoms. The molecule has 0 aliphatic heterocycles. The maximum atomic E-state index is 11.4. The van der Waals surface area contributed by atoms with Crippen LogP contribution in [0.3, 0.4) is 0 Å². The van der Waals surface area contributed by atoms with E-state index in [-0.39, 0.29) is 0 Å². The highest BCUT2D eigenvalue weighted by molar-refractivity contribution is 8.01. The zero-order valence-corrected chi connectivity index (χ0v) is 9.93. The fourth-order valence-corrected chi connectivity index (χ4v) is 2.18. The molecule has 0 unspecified atom stereocenters. The second-order valence-electron chi connectivity index (χ2n) is 3.37. The lowest BCUT2D eigenvalue weighted by Gasteiger charge is -2.18. The van der Waals surface area contributed by atoms with Crippen molar-refractivity contribution < 1.29 is 4.79 Å². The SMILES string of the molecule is NC(=O)N(Sc1ccccc1)c1ccccc1. The molecule has 3 nitrogen and oxygen atoms in total. The van der Waals surface area contributed by atoms with Gasteiger partial charge in [-0.05, 0) is 36.2 Å². The number of amides is 2. The van der Waals surface area contributed by atoms with Crippen molar-refractivity contribution in [3.05, 3.63) is 60.7 Å². The summed E-state index contributed by atoms with van der Waals surface area (Å²) in [5.41, 5.74) is 6.15. The zero-order chi connectivity index (χ0) is 12.1. The molecule has 0 bridgehead atoms. The minimum absolute atomic E-state index is 0.481. The average molecular weight is 244 g/mol. The van der Waals surface area contributed by atoms with E-state index in [0.29, 0.717) is 0 Å². The predicted octanol–water partition coefficient (Wildman–Crippen LogP) is 3.28. The molecule has 2 N–H and O–H groups in total. The van der Waals surface area contributed by atoms with Crippen molar-refractivity contribution in [1.29, 1.82) is 0 Å². The fourth-order valence-electron chi connectivity index (χ4n) is 1.38. The Morgan fingerprint density at radius 3 is 2.00 bits per heavy atom. The van der Waals surface area contributed by atoms with Crippen LogP contribution in [0.15, 0.2) is 65.6 Å². The Kier molecular flexibility index (Phi) is 3.67. The van der Waals surface area contributed by atoms with Crippen LogP contribution in [0.1, 0.15) is 0 Å². The van der Waals surface area contributed by atoms with Crippen LogP contribution in [0, 0.1) is 0 Å². The molecular formula is C13H12N2OS. The van der Waals surface area contributed by atoms with E-state index in [1.165, 1.54) is 16.3 Å². The van der Waals surface area contributed by atoms with Crippen molar-refractivity contribution in [1.82, 2.24) is 0 Å². The number of carbonyl (C=O) groups is 1. The normalized spacial score (nSPS) is 9.88. The van der Waals surface area contributed by atoms with Gasteiger partial charge in [0.15, 0.2) is 0 Å². The summed E-state index contributed by atoms with van der Waals surface area (Å²) < 4.78 is 1.47. The van der Waals surface area contributed by atoms with E-state index in [1.807, 2.05) is 60.7 Å². The largest absolute Gasteiger partial charge is 0.350 e. The third-order valence-electron chi connectivity index (χ3n) is 2.13. The number of rotatable bonds is 3. The van der Waals surface area contributed by atoms with E-state index in [2.05, 4.69) is 0 Å². The molecule has 0 saturated heterocycles. The van der Waals surface area contributed by atoms with E-state index in [4.69, 9.17) is 5.73 Å². The van der Waals surface area contributed by atoms with Gasteiger partial charge in [-0.15, -0.1) is 0 Å². The van der Waals surface area contributed by atoms with E-state index in [9.17, 15) is 4.79 Å². The molecule has 0 heterocycles.